The zero-order valence-corrected chi connectivity index (χ0v) is 10.7. The molecule has 1 N–H and O–H groups in total. The van der Waals surface area contributed by atoms with E-state index in [0.717, 1.165) is 12.8 Å². The van der Waals surface area contributed by atoms with Crippen LogP contribution >= 0.6 is 0 Å². The third kappa shape index (κ3) is 1.87. The average Bonchev–Trinajstić information content (AvgIpc) is 2.51. The van der Waals surface area contributed by atoms with Gasteiger partial charge in [-0.2, -0.15) is 0 Å². The van der Waals surface area contributed by atoms with Crippen molar-refractivity contribution < 1.29 is 14.7 Å². The lowest BCUT2D eigenvalue weighted by Crippen LogP contribution is -2.32. The van der Waals surface area contributed by atoms with Crippen molar-refractivity contribution in [2.75, 3.05) is 0 Å². The van der Waals surface area contributed by atoms with Crippen LogP contribution in [0.3, 0.4) is 0 Å². The summed E-state index contributed by atoms with van der Waals surface area (Å²) in [6.45, 7) is 8.27. The Morgan fingerprint density at radius 2 is 1.94 bits per heavy atom. The van der Waals surface area contributed by atoms with Crippen molar-refractivity contribution in [1.29, 1.82) is 0 Å². The fourth-order valence-electron chi connectivity index (χ4n) is 2.90. The van der Waals surface area contributed by atoms with E-state index >= 15 is 0 Å². The summed E-state index contributed by atoms with van der Waals surface area (Å²) in [5.41, 5.74) is 0.307. The van der Waals surface area contributed by atoms with Gasteiger partial charge in [0.25, 0.3) is 0 Å². The number of rotatable bonds is 1. The lowest BCUT2D eigenvalue weighted by atomic mass is 9.70. The van der Waals surface area contributed by atoms with E-state index < -0.39 is 5.97 Å². The van der Waals surface area contributed by atoms with Crippen molar-refractivity contribution in [2.45, 2.75) is 53.4 Å². The van der Waals surface area contributed by atoms with Gasteiger partial charge in [0.15, 0.2) is 0 Å². The smallest absolute Gasteiger partial charge is 0.303 e. The summed E-state index contributed by atoms with van der Waals surface area (Å²) in [7, 11) is 0. The van der Waals surface area contributed by atoms with Gasteiger partial charge in [0.2, 0.25) is 0 Å². The van der Waals surface area contributed by atoms with E-state index in [9.17, 15) is 9.59 Å². The standard InChI is InChI=1S/C10H16O.C3H6O2/c1-9(2)7-4-5-10(9,3)8(11)6-7;1-2-3(4)5/h7H,4-6H2,1-3H3;2H2,1H3,(H,4,5). The first-order valence-corrected chi connectivity index (χ1v) is 6.00. The minimum absolute atomic E-state index is 0.0255. The second-order valence-corrected chi connectivity index (χ2v) is 5.66. The highest BCUT2D eigenvalue weighted by Crippen LogP contribution is 2.63. The Morgan fingerprint density at radius 1 is 1.44 bits per heavy atom. The monoisotopic (exact) mass is 226 g/mol. The van der Waals surface area contributed by atoms with Gasteiger partial charge in [-0.1, -0.05) is 27.7 Å². The number of fused-ring (bicyclic) bond motifs is 2. The summed E-state index contributed by atoms with van der Waals surface area (Å²) in [5, 5.41) is 7.72. The van der Waals surface area contributed by atoms with E-state index in [0.29, 0.717) is 11.7 Å². The number of Topliss-reactive ketones (excluding diaryl/α,β-unsaturated/α-hetero) is 1. The summed E-state index contributed by atoms with van der Waals surface area (Å²) in [6.07, 6.45) is 3.47. The number of carbonyl (C=O) groups excluding carboxylic acids is 1. The van der Waals surface area contributed by atoms with Gasteiger partial charge < -0.3 is 5.11 Å². The number of carboxylic acids is 1. The number of hydrogen-bond donors (Lipinski definition) is 1. The largest absolute Gasteiger partial charge is 0.481 e. The fourth-order valence-corrected chi connectivity index (χ4v) is 2.90. The fraction of sp³-hybridized carbons (Fsp3) is 0.846. The maximum absolute atomic E-state index is 11.6. The quantitative estimate of drug-likeness (QED) is 0.748. The Morgan fingerprint density at radius 3 is 2.06 bits per heavy atom. The van der Waals surface area contributed by atoms with Crippen molar-refractivity contribution in [2.24, 2.45) is 16.7 Å². The zero-order valence-electron chi connectivity index (χ0n) is 10.7. The molecule has 2 rings (SSSR count). The second kappa shape index (κ2) is 4.19. The first-order chi connectivity index (χ1) is 7.25. The van der Waals surface area contributed by atoms with Crippen LogP contribution in [0.1, 0.15) is 53.4 Å². The van der Waals surface area contributed by atoms with Crippen LogP contribution in [-0.4, -0.2) is 16.9 Å². The van der Waals surface area contributed by atoms with E-state index in [1.807, 2.05) is 0 Å². The Labute approximate surface area is 97.2 Å². The molecule has 0 aromatic rings. The molecule has 2 aliphatic rings. The molecule has 3 heteroatoms. The summed E-state index contributed by atoms with van der Waals surface area (Å²) >= 11 is 0. The molecule has 3 nitrogen and oxygen atoms in total. The summed E-state index contributed by atoms with van der Waals surface area (Å²) in [5.74, 6) is 0.448. The van der Waals surface area contributed by atoms with Gasteiger partial charge in [-0.15, -0.1) is 0 Å². The zero-order chi connectivity index (χ0) is 12.6. The van der Waals surface area contributed by atoms with E-state index in [2.05, 4.69) is 20.8 Å². The van der Waals surface area contributed by atoms with Crippen LogP contribution < -0.4 is 0 Å². The SMILES string of the molecule is CC12CCC(CC1=O)C2(C)C.CCC(=O)O. The van der Waals surface area contributed by atoms with Gasteiger partial charge in [-0.05, 0) is 24.2 Å². The molecule has 92 valence electrons. The van der Waals surface area contributed by atoms with Gasteiger partial charge in [-0.25, -0.2) is 0 Å². The number of hydrogen-bond acceptors (Lipinski definition) is 2. The minimum Gasteiger partial charge on any atom is -0.481 e. The third-order valence-corrected chi connectivity index (χ3v) is 4.79. The number of aliphatic carboxylic acids is 1. The normalized spacial score (nSPS) is 34.5. The highest BCUT2D eigenvalue weighted by molar-refractivity contribution is 5.89. The number of carboxylic acid groups (broad SMARTS) is 1. The van der Waals surface area contributed by atoms with Gasteiger partial charge in [-0.3, -0.25) is 9.59 Å². The van der Waals surface area contributed by atoms with Gasteiger partial charge in [0.05, 0.1) is 0 Å². The molecule has 0 aliphatic heterocycles. The molecular formula is C13H22O3. The van der Waals surface area contributed by atoms with E-state index in [4.69, 9.17) is 5.11 Å². The van der Waals surface area contributed by atoms with Crippen LogP contribution in [-0.2, 0) is 9.59 Å². The topological polar surface area (TPSA) is 54.4 Å². The van der Waals surface area contributed by atoms with E-state index in [1.54, 1.807) is 6.92 Å². The second-order valence-electron chi connectivity index (χ2n) is 5.66. The molecule has 16 heavy (non-hydrogen) atoms. The molecule has 2 saturated carbocycles. The van der Waals surface area contributed by atoms with E-state index in [1.165, 1.54) is 6.42 Å². The molecule has 0 amide bonds. The van der Waals surface area contributed by atoms with Crippen molar-refractivity contribution in [3.63, 3.8) is 0 Å². The van der Waals surface area contributed by atoms with Crippen molar-refractivity contribution in [3.8, 4) is 0 Å². The van der Waals surface area contributed by atoms with Crippen LogP contribution in [0, 0.1) is 16.7 Å². The number of carbonyl (C=O) groups is 2. The first-order valence-electron chi connectivity index (χ1n) is 6.00. The van der Waals surface area contributed by atoms with Crippen LogP contribution in [0.25, 0.3) is 0 Å². The lowest BCUT2D eigenvalue weighted by Gasteiger charge is -2.32. The highest BCUT2D eigenvalue weighted by Gasteiger charge is 2.61. The van der Waals surface area contributed by atoms with Gasteiger partial charge >= 0.3 is 5.97 Å². The van der Waals surface area contributed by atoms with Gasteiger partial charge in [0.1, 0.15) is 5.78 Å². The predicted molar refractivity (Wildman–Crippen MR) is 62.2 cm³/mol. The molecule has 0 aromatic heterocycles. The van der Waals surface area contributed by atoms with Crippen molar-refractivity contribution in [3.05, 3.63) is 0 Å². The Hall–Kier alpha value is -0.860. The van der Waals surface area contributed by atoms with Crippen LogP contribution in [0.2, 0.25) is 0 Å². The summed E-state index contributed by atoms with van der Waals surface area (Å²) in [4.78, 5) is 20.9. The summed E-state index contributed by atoms with van der Waals surface area (Å²) < 4.78 is 0. The van der Waals surface area contributed by atoms with Crippen molar-refractivity contribution in [1.82, 2.24) is 0 Å². The maximum atomic E-state index is 11.6. The van der Waals surface area contributed by atoms with E-state index in [-0.39, 0.29) is 17.3 Å². The molecule has 0 saturated heterocycles. The molecule has 0 aromatic carbocycles. The van der Waals surface area contributed by atoms with Gasteiger partial charge in [0, 0.05) is 18.3 Å². The molecule has 2 unspecified atom stereocenters. The molecule has 0 heterocycles. The summed E-state index contributed by atoms with van der Waals surface area (Å²) in [6, 6.07) is 0. The first kappa shape index (κ1) is 13.2. The van der Waals surface area contributed by atoms with Crippen LogP contribution in [0.15, 0.2) is 0 Å². The lowest BCUT2D eigenvalue weighted by molar-refractivity contribution is -0.136. The van der Waals surface area contributed by atoms with Crippen LogP contribution in [0.4, 0.5) is 0 Å². The third-order valence-electron chi connectivity index (χ3n) is 4.79. The molecule has 2 fully saturated rings. The maximum Gasteiger partial charge on any atom is 0.303 e. The molecule has 0 spiro atoms. The minimum atomic E-state index is -0.745. The average molecular weight is 226 g/mol. The predicted octanol–water partition coefficient (Wildman–Crippen LogP) is 2.88. The molecule has 2 aliphatic carbocycles. The Balaban J connectivity index is 0.000000221. The Bertz CT molecular complexity index is 306. The molecule has 0 radical (unpaired) electrons. The molecule has 2 bridgehead atoms. The number of ketones is 1. The Kier molecular flexibility index (Phi) is 3.46. The molecular weight excluding hydrogens is 204 g/mol. The van der Waals surface area contributed by atoms with Crippen molar-refractivity contribution >= 4 is 11.8 Å². The highest BCUT2D eigenvalue weighted by atomic mass is 16.4. The van der Waals surface area contributed by atoms with Crippen LogP contribution in [0.5, 0.6) is 0 Å². The molecule has 2 atom stereocenters.